The summed E-state index contributed by atoms with van der Waals surface area (Å²) in [7, 11) is 3.36. The highest BCUT2D eigenvalue weighted by Crippen LogP contribution is 2.27. The molecule has 0 spiro atoms. The van der Waals surface area contributed by atoms with E-state index in [4.69, 9.17) is 9.47 Å². The quantitative estimate of drug-likeness (QED) is 0.744. The highest BCUT2D eigenvalue weighted by Gasteiger charge is 2.02. The van der Waals surface area contributed by atoms with Crippen LogP contribution in [0.3, 0.4) is 0 Å². The Hall–Kier alpha value is -1.70. The van der Waals surface area contributed by atoms with Crippen LogP contribution in [-0.4, -0.2) is 14.2 Å². The van der Waals surface area contributed by atoms with Crippen molar-refractivity contribution in [3.05, 3.63) is 35.9 Å². The average Bonchev–Trinajstić information content (AvgIpc) is 2.27. The highest BCUT2D eigenvalue weighted by atomic mass is 16.5. The van der Waals surface area contributed by atoms with Crippen LogP contribution < -0.4 is 9.47 Å². The summed E-state index contributed by atoms with van der Waals surface area (Å²) in [5, 5.41) is 2.34. The lowest BCUT2D eigenvalue weighted by Gasteiger charge is -2.08. The largest absolute Gasteiger partial charge is 0.497 e. The molecule has 2 rings (SSSR count). The Morgan fingerprint density at radius 3 is 2.33 bits per heavy atom. The van der Waals surface area contributed by atoms with Gasteiger partial charge in [-0.3, -0.25) is 0 Å². The van der Waals surface area contributed by atoms with E-state index in [1.54, 1.807) is 14.2 Å². The van der Waals surface area contributed by atoms with E-state index >= 15 is 0 Å². The molecule has 0 saturated carbocycles. The van der Waals surface area contributed by atoms with Crippen LogP contribution >= 0.6 is 0 Å². The zero-order valence-corrected chi connectivity index (χ0v) is 9.20. The van der Waals surface area contributed by atoms with E-state index < -0.39 is 0 Å². The van der Waals surface area contributed by atoms with Gasteiger partial charge in [-0.25, -0.2) is 0 Å². The number of aryl methyl sites for hydroxylation is 1. The highest BCUT2D eigenvalue weighted by molar-refractivity contribution is 5.86. The molecule has 0 unspecified atom stereocenters. The first-order valence-corrected chi connectivity index (χ1v) is 4.87. The molecule has 0 N–H and O–H groups in total. The van der Waals surface area contributed by atoms with Crippen molar-refractivity contribution in [3.8, 4) is 11.5 Å². The number of fused-ring (bicyclic) bond motifs is 1. The molecule has 0 aromatic heterocycles. The standard InChI is InChI=1S/C13H14O2/c1-9-6-10-4-5-12(14-2)7-11(10)8-13(9)15-3/h4-8H,1-3H3. The van der Waals surface area contributed by atoms with Crippen LogP contribution in [0.5, 0.6) is 11.5 Å². The van der Waals surface area contributed by atoms with E-state index in [9.17, 15) is 0 Å². The number of hydrogen-bond donors (Lipinski definition) is 0. The fraction of sp³-hybridized carbons (Fsp3) is 0.231. The third-order valence-electron chi connectivity index (χ3n) is 2.56. The van der Waals surface area contributed by atoms with Crippen molar-refractivity contribution in [3.63, 3.8) is 0 Å². The second-order valence-corrected chi connectivity index (χ2v) is 3.53. The van der Waals surface area contributed by atoms with E-state index in [-0.39, 0.29) is 0 Å². The van der Waals surface area contributed by atoms with Gasteiger partial charge in [0.15, 0.2) is 0 Å². The van der Waals surface area contributed by atoms with Crippen molar-refractivity contribution in [1.82, 2.24) is 0 Å². The number of hydrogen-bond acceptors (Lipinski definition) is 2. The Bertz CT molecular complexity index is 489. The monoisotopic (exact) mass is 202 g/mol. The van der Waals surface area contributed by atoms with Crippen LogP contribution in [0.4, 0.5) is 0 Å². The van der Waals surface area contributed by atoms with Gasteiger partial charge in [-0.1, -0.05) is 6.07 Å². The minimum Gasteiger partial charge on any atom is -0.497 e. The molecule has 0 saturated heterocycles. The third-order valence-corrected chi connectivity index (χ3v) is 2.56. The van der Waals surface area contributed by atoms with Gasteiger partial charge in [0.05, 0.1) is 14.2 Å². The van der Waals surface area contributed by atoms with Crippen molar-refractivity contribution in [2.75, 3.05) is 14.2 Å². The smallest absolute Gasteiger partial charge is 0.122 e. The zero-order valence-electron chi connectivity index (χ0n) is 9.20. The molecule has 0 atom stereocenters. The maximum Gasteiger partial charge on any atom is 0.122 e. The summed E-state index contributed by atoms with van der Waals surface area (Å²) in [6, 6.07) is 10.2. The van der Waals surface area contributed by atoms with Crippen LogP contribution in [0.1, 0.15) is 5.56 Å². The summed E-state index contributed by atoms with van der Waals surface area (Å²) in [5.74, 6) is 1.78. The number of rotatable bonds is 2. The predicted octanol–water partition coefficient (Wildman–Crippen LogP) is 3.17. The van der Waals surface area contributed by atoms with Crippen LogP contribution in [0, 0.1) is 6.92 Å². The van der Waals surface area contributed by atoms with Gasteiger partial charge in [0.1, 0.15) is 11.5 Å². The van der Waals surface area contributed by atoms with Gasteiger partial charge in [-0.05, 0) is 47.5 Å². The molecule has 0 radical (unpaired) electrons. The third kappa shape index (κ3) is 1.75. The minimum atomic E-state index is 0.869. The van der Waals surface area contributed by atoms with Crippen molar-refractivity contribution < 1.29 is 9.47 Å². The lowest BCUT2D eigenvalue weighted by Crippen LogP contribution is -1.88. The summed E-state index contributed by atoms with van der Waals surface area (Å²) in [6.07, 6.45) is 0. The SMILES string of the molecule is COc1ccc2cc(C)c(OC)cc2c1. The molecule has 2 aromatic rings. The molecule has 0 aliphatic carbocycles. The molecule has 2 nitrogen and oxygen atoms in total. The van der Waals surface area contributed by atoms with Gasteiger partial charge in [-0.2, -0.15) is 0 Å². The number of ether oxygens (including phenoxy) is 2. The Balaban J connectivity index is 2.66. The average molecular weight is 202 g/mol. The number of benzene rings is 2. The maximum atomic E-state index is 5.29. The van der Waals surface area contributed by atoms with Gasteiger partial charge in [0, 0.05) is 0 Å². The van der Waals surface area contributed by atoms with Crippen LogP contribution in [0.15, 0.2) is 30.3 Å². The van der Waals surface area contributed by atoms with Gasteiger partial charge in [0.2, 0.25) is 0 Å². The Labute approximate surface area is 89.4 Å². The van der Waals surface area contributed by atoms with Gasteiger partial charge >= 0.3 is 0 Å². The van der Waals surface area contributed by atoms with E-state index in [1.165, 1.54) is 5.39 Å². The zero-order chi connectivity index (χ0) is 10.8. The molecule has 15 heavy (non-hydrogen) atoms. The summed E-state index contributed by atoms with van der Waals surface area (Å²) in [6.45, 7) is 2.04. The topological polar surface area (TPSA) is 18.5 Å². The first-order valence-electron chi connectivity index (χ1n) is 4.87. The molecule has 0 aliphatic rings. The fourth-order valence-corrected chi connectivity index (χ4v) is 1.72. The number of methoxy groups -OCH3 is 2. The minimum absolute atomic E-state index is 0.869. The van der Waals surface area contributed by atoms with E-state index in [0.717, 1.165) is 22.4 Å². The second-order valence-electron chi connectivity index (χ2n) is 3.53. The van der Waals surface area contributed by atoms with E-state index in [0.29, 0.717) is 0 Å². The summed E-state index contributed by atoms with van der Waals surface area (Å²) >= 11 is 0. The summed E-state index contributed by atoms with van der Waals surface area (Å²) in [4.78, 5) is 0. The summed E-state index contributed by atoms with van der Waals surface area (Å²) < 4.78 is 10.5. The van der Waals surface area contributed by atoms with Gasteiger partial charge < -0.3 is 9.47 Å². The molecule has 0 amide bonds. The lowest BCUT2D eigenvalue weighted by molar-refractivity contribution is 0.411. The molecule has 0 heterocycles. The first-order chi connectivity index (χ1) is 7.24. The Kier molecular flexibility index (Phi) is 2.50. The van der Waals surface area contributed by atoms with E-state index in [1.807, 2.05) is 25.1 Å². The molecular weight excluding hydrogens is 188 g/mol. The molecule has 78 valence electrons. The molecule has 2 aromatic carbocycles. The van der Waals surface area contributed by atoms with Crippen molar-refractivity contribution in [2.45, 2.75) is 6.92 Å². The van der Waals surface area contributed by atoms with Gasteiger partial charge in [-0.15, -0.1) is 0 Å². The van der Waals surface area contributed by atoms with Crippen molar-refractivity contribution >= 4 is 10.8 Å². The predicted molar refractivity (Wildman–Crippen MR) is 61.8 cm³/mol. The molecule has 0 bridgehead atoms. The normalized spacial score (nSPS) is 10.3. The second kappa shape index (κ2) is 3.81. The fourth-order valence-electron chi connectivity index (χ4n) is 1.72. The summed E-state index contributed by atoms with van der Waals surface area (Å²) in [5.41, 5.74) is 1.15. The molecule has 0 fully saturated rings. The molecule has 0 aliphatic heterocycles. The molecular formula is C13H14O2. The van der Waals surface area contributed by atoms with E-state index in [2.05, 4.69) is 12.1 Å². The van der Waals surface area contributed by atoms with Gasteiger partial charge in [0.25, 0.3) is 0 Å². The van der Waals surface area contributed by atoms with Crippen LogP contribution in [0.2, 0.25) is 0 Å². The van der Waals surface area contributed by atoms with Crippen molar-refractivity contribution in [2.24, 2.45) is 0 Å². The Morgan fingerprint density at radius 1 is 0.867 bits per heavy atom. The Morgan fingerprint density at radius 2 is 1.67 bits per heavy atom. The maximum absolute atomic E-state index is 5.29. The first kappa shape index (κ1) is 9.84. The van der Waals surface area contributed by atoms with Crippen LogP contribution in [0.25, 0.3) is 10.8 Å². The van der Waals surface area contributed by atoms with Crippen LogP contribution in [-0.2, 0) is 0 Å². The molecule has 2 heteroatoms. The van der Waals surface area contributed by atoms with Crippen molar-refractivity contribution in [1.29, 1.82) is 0 Å². The lowest BCUT2D eigenvalue weighted by atomic mass is 10.1.